The molecule has 0 fully saturated rings. The summed E-state index contributed by atoms with van der Waals surface area (Å²) >= 11 is 0. The van der Waals surface area contributed by atoms with Gasteiger partial charge in [0.05, 0.1) is 16.8 Å². The molecule has 1 amide bonds. The summed E-state index contributed by atoms with van der Waals surface area (Å²) in [7, 11) is -3.79. The molecule has 0 aliphatic heterocycles. The normalized spacial score (nSPS) is 11.0. The summed E-state index contributed by atoms with van der Waals surface area (Å²) in [6.07, 6.45) is 3.15. The number of nitrogens with one attached hydrogen (secondary N) is 2. The van der Waals surface area contributed by atoms with Gasteiger partial charge in [-0.1, -0.05) is 18.2 Å². The van der Waals surface area contributed by atoms with E-state index in [1.165, 1.54) is 30.5 Å². The molecule has 0 aliphatic carbocycles. The average molecular weight is 396 g/mol. The van der Waals surface area contributed by atoms with Crippen LogP contribution in [-0.4, -0.2) is 19.3 Å². The van der Waals surface area contributed by atoms with Crippen molar-refractivity contribution in [2.24, 2.45) is 5.18 Å². The summed E-state index contributed by atoms with van der Waals surface area (Å²) in [5, 5.41) is 5.45. The number of pyridine rings is 1. The van der Waals surface area contributed by atoms with Crippen LogP contribution in [0.3, 0.4) is 0 Å². The first kappa shape index (κ1) is 19.3. The van der Waals surface area contributed by atoms with Gasteiger partial charge in [-0.15, -0.1) is 4.91 Å². The summed E-state index contributed by atoms with van der Waals surface area (Å²) in [6.45, 7) is 0.0333. The Labute approximate surface area is 161 Å². The SMILES string of the molecule is O=Nc1cccc(S(=O)(=O)NCc2ccc(C(=O)Nc3cccnc3)cc2)c1. The molecule has 142 valence electrons. The third-order valence-electron chi connectivity index (χ3n) is 3.84. The minimum atomic E-state index is -3.79. The van der Waals surface area contributed by atoms with E-state index in [-0.39, 0.29) is 23.0 Å². The molecule has 0 unspecified atom stereocenters. The minimum absolute atomic E-state index is 0.0333. The van der Waals surface area contributed by atoms with E-state index in [9.17, 15) is 18.1 Å². The fourth-order valence-corrected chi connectivity index (χ4v) is 3.44. The second-order valence-electron chi connectivity index (χ2n) is 5.81. The second-order valence-corrected chi connectivity index (χ2v) is 7.57. The molecule has 9 heteroatoms. The van der Waals surface area contributed by atoms with Gasteiger partial charge in [-0.2, -0.15) is 0 Å². The van der Waals surface area contributed by atoms with Gasteiger partial charge in [-0.05, 0) is 53.2 Å². The first-order valence-electron chi connectivity index (χ1n) is 8.21. The highest BCUT2D eigenvalue weighted by molar-refractivity contribution is 7.89. The molecule has 3 rings (SSSR count). The van der Waals surface area contributed by atoms with Crippen molar-refractivity contribution in [3.8, 4) is 0 Å². The van der Waals surface area contributed by atoms with Crippen molar-refractivity contribution in [1.29, 1.82) is 0 Å². The highest BCUT2D eigenvalue weighted by Gasteiger charge is 2.14. The maximum Gasteiger partial charge on any atom is 0.255 e. The van der Waals surface area contributed by atoms with Crippen LogP contribution in [0.1, 0.15) is 15.9 Å². The third-order valence-corrected chi connectivity index (χ3v) is 5.23. The second kappa shape index (κ2) is 8.51. The molecular formula is C19H16N4O4S. The molecule has 0 saturated heterocycles. The number of aromatic nitrogens is 1. The zero-order valence-corrected chi connectivity index (χ0v) is 15.4. The number of carbonyl (C=O) groups is 1. The van der Waals surface area contributed by atoms with Crippen molar-refractivity contribution in [2.75, 3.05) is 5.32 Å². The number of nitroso groups, excluding NO2 is 1. The van der Waals surface area contributed by atoms with Crippen LogP contribution in [0, 0.1) is 4.91 Å². The Hall–Kier alpha value is -3.43. The van der Waals surface area contributed by atoms with Gasteiger partial charge < -0.3 is 5.32 Å². The number of sulfonamides is 1. The number of hydrogen-bond acceptors (Lipinski definition) is 6. The number of anilines is 1. The Morgan fingerprint density at radius 1 is 1.04 bits per heavy atom. The molecule has 0 saturated carbocycles. The molecule has 0 bridgehead atoms. The van der Waals surface area contributed by atoms with E-state index in [1.54, 1.807) is 42.6 Å². The van der Waals surface area contributed by atoms with Crippen LogP contribution in [0.15, 0.2) is 83.1 Å². The average Bonchev–Trinajstić information content (AvgIpc) is 2.73. The molecule has 3 aromatic rings. The largest absolute Gasteiger partial charge is 0.321 e. The smallest absolute Gasteiger partial charge is 0.255 e. The Balaban J connectivity index is 1.64. The number of benzene rings is 2. The number of carbonyl (C=O) groups excluding carboxylic acids is 1. The minimum Gasteiger partial charge on any atom is -0.321 e. The van der Waals surface area contributed by atoms with Crippen LogP contribution in [0.25, 0.3) is 0 Å². The van der Waals surface area contributed by atoms with Gasteiger partial charge in [0.15, 0.2) is 0 Å². The summed E-state index contributed by atoms with van der Waals surface area (Å²) < 4.78 is 27.1. The van der Waals surface area contributed by atoms with E-state index >= 15 is 0 Å². The van der Waals surface area contributed by atoms with E-state index in [0.717, 1.165) is 0 Å². The monoisotopic (exact) mass is 396 g/mol. The van der Waals surface area contributed by atoms with Gasteiger partial charge in [0, 0.05) is 18.3 Å². The van der Waals surface area contributed by atoms with Gasteiger partial charge in [0.2, 0.25) is 10.0 Å². The summed E-state index contributed by atoms with van der Waals surface area (Å²) in [4.78, 5) is 26.7. The van der Waals surface area contributed by atoms with Crippen LogP contribution in [0.4, 0.5) is 11.4 Å². The Morgan fingerprint density at radius 2 is 1.82 bits per heavy atom. The molecule has 2 N–H and O–H groups in total. The van der Waals surface area contributed by atoms with E-state index in [2.05, 4.69) is 20.2 Å². The summed E-state index contributed by atoms with van der Waals surface area (Å²) in [5.41, 5.74) is 1.72. The molecule has 0 aliphatic rings. The zero-order chi connectivity index (χ0) is 20.0. The van der Waals surface area contributed by atoms with Crippen LogP contribution >= 0.6 is 0 Å². The molecule has 1 aromatic heterocycles. The van der Waals surface area contributed by atoms with Gasteiger partial charge in [-0.3, -0.25) is 9.78 Å². The molecule has 2 aromatic carbocycles. The fraction of sp³-hybridized carbons (Fsp3) is 0.0526. The predicted molar refractivity (Wildman–Crippen MR) is 105 cm³/mol. The number of rotatable bonds is 7. The quantitative estimate of drug-likeness (QED) is 0.595. The first-order chi connectivity index (χ1) is 13.5. The van der Waals surface area contributed by atoms with Gasteiger partial charge in [0.25, 0.3) is 5.91 Å². The number of amides is 1. The van der Waals surface area contributed by atoms with Crippen molar-refractivity contribution in [3.63, 3.8) is 0 Å². The van der Waals surface area contributed by atoms with E-state index < -0.39 is 10.0 Å². The Kier molecular flexibility index (Phi) is 5.87. The lowest BCUT2D eigenvalue weighted by atomic mass is 10.1. The Bertz CT molecular complexity index is 1080. The van der Waals surface area contributed by atoms with Crippen LogP contribution in [-0.2, 0) is 16.6 Å². The van der Waals surface area contributed by atoms with Gasteiger partial charge in [-0.25, -0.2) is 13.1 Å². The molecule has 0 spiro atoms. The van der Waals surface area contributed by atoms with E-state index in [0.29, 0.717) is 16.8 Å². The molecule has 0 atom stereocenters. The van der Waals surface area contributed by atoms with E-state index in [1.807, 2.05) is 0 Å². The Morgan fingerprint density at radius 3 is 2.50 bits per heavy atom. The highest BCUT2D eigenvalue weighted by Crippen LogP contribution is 2.18. The standard InChI is InChI=1S/C19H16N4O4S/c24-19(22-17-4-2-10-20-13-17)15-8-6-14(7-9-15)12-21-28(26,27)18-5-1-3-16(11-18)23-25/h1-11,13,21H,12H2,(H,22,24). The van der Waals surface area contributed by atoms with Crippen molar-refractivity contribution in [1.82, 2.24) is 9.71 Å². The van der Waals surface area contributed by atoms with Crippen LogP contribution in [0.5, 0.6) is 0 Å². The highest BCUT2D eigenvalue weighted by atomic mass is 32.2. The maximum absolute atomic E-state index is 12.3. The molecule has 1 heterocycles. The molecule has 8 nitrogen and oxygen atoms in total. The number of nitrogens with zero attached hydrogens (tertiary/aromatic N) is 2. The molecular weight excluding hydrogens is 380 g/mol. The van der Waals surface area contributed by atoms with Crippen molar-refractivity contribution in [2.45, 2.75) is 11.4 Å². The van der Waals surface area contributed by atoms with Crippen LogP contribution in [0.2, 0.25) is 0 Å². The topological polar surface area (TPSA) is 118 Å². The zero-order valence-electron chi connectivity index (χ0n) is 14.6. The van der Waals surface area contributed by atoms with Gasteiger partial charge >= 0.3 is 0 Å². The summed E-state index contributed by atoms with van der Waals surface area (Å²) in [6, 6.07) is 15.4. The van der Waals surface area contributed by atoms with Crippen molar-refractivity contribution in [3.05, 3.63) is 89.1 Å². The van der Waals surface area contributed by atoms with E-state index in [4.69, 9.17) is 0 Å². The van der Waals surface area contributed by atoms with Crippen LogP contribution < -0.4 is 10.0 Å². The number of hydrogen-bond donors (Lipinski definition) is 2. The lowest BCUT2D eigenvalue weighted by Crippen LogP contribution is -2.23. The summed E-state index contributed by atoms with van der Waals surface area (Å²) in [5.74, 6) is -0.293. The van der Waals surface area contributed by atoms with Crippen molar-refractivity contribution >= 4 is 27.3 Å². The maximum atomic E-state index is 12.3. The lowest BCUT2D eigenvalue weighted by molar-refractivity contribution is 0.102. The van der Waals surface area contributed by atoms with Crippen molar-refractivity contribution < 1.29 is 13.2 Å². The fourth-order valence-electron chi connectivity index (χ4n) is 2.38. The molecule has 28 heavy (non-hydrogen) atoms. The van der Waals surface area contributed by atoms with Gasteiger partial charge in [0.1, 0.15) is 5.69 Å². The predicted octanol–water partition coefficient (Wildman–Crippen LogP) is 3.21. The molecule has 0 radical (unpaired) electrons. The lowest BCUT2D eigenvalue weighted by Gasteiger charge is -2.08. The third kappa shape index (κ3) is 4.84. The first-order valence-corrected chi connectivity index (χ1v) is 9.70.